The Hall–Kier alpha value is -3.47. The third kappa shape index (κ3) is 2.21. The molecule has 1 aromatic carbocycles. The lowest BCUT2D eigenvalue weighted by Gasteiger charge is -2.06. The van der Waals surface area contributed by atoms with Crippen LogP contribution in [0, 0.1) is 6.92 Å². The zero-order chi connectivity index (χ0) is 16.8. The van der Waals surface area contributed by atoms with Gasteiger partial charge in [0.2, 0.25) is 5.78 Å². The van der Waals surface area contributed by atoms with Gasteiger partial charge in [-0.05, 0) is 24.1 Å². The van der Waals surface area contributed by atoms with E-state index >= 15 is 0 Å². The molecule has 4 aromatic heterocycles. The van der Waals surface area contributed by atoms with E-state index in [4.69, 9.17) is 0 Å². The van der Waals surface area contributed by atoms with Gasteiger partial charge < -0.3 is 4.98 Å². The summed E-state index contributed by atoms with van der Waals surface area (Å²) in [5.74, 6) is 0.697. The molecule has 0 unspecified atom stereocenters. The Morgan fingerprint density at radius 3 is 2.76 bits per heavy atom. The van der Waals surface area contributed by atoms with Gasteiger partial charge >= 0.3 is 0 Å². The lowest BCUT2D eigenvalue weighted by Crippen LogP contribution is -1.89. The first-order valence-corrected chi connectivity index (χ1v) is 8.12. The van der Waals surface area contributed by atoms with E-state index in [1.54, 1.807) is 6.20 Å². The molecule has 5 aromatic rings. The molecule has 0 saturated heterocycles. The summed E-state index contributed by atoms with van der Waals surface area (Å²) in [7, 11) is 0. The number of hydrogen-bond acceptors (Lipinski definition) is 3. The van der Waals surface area contributed by atoms with Crippen molar-refractivity contribution < 1.29 is 0 Å². The van der Waals surface area contributed by atoms with Crippen LogP contribution >= 0.6 is 0 Å². The van der Waals surface area contributed by atoms with E-state index in [0.717, 1.165) is 27.7 Å². The van der Waals surface area contributed by atoms with Crippen molar-refractivity contribution >= 4 is 16.8 Å². The smallest absolute Gasteiger partial charge is 0.233 e. The standard InChI is InChI=1S/C20H15N5/c1-13-4-2-3-5-16(13)14-8-17-18(11-23-19(17)22-9-14)15-10-24-20-21-6-7-25(20)12-15/h2-12H,1H3,(H,22,23). The fraction of sp³-hybridized carbons (Fsp3) is 0.0500. The Morgan fingerprint density at radius 1 is 0.960 bits per heavy atom. The van der Waals surface area contributed by atoms with Crippen molar-refractivity contribution in [1.29, 1.82) is 0 Å². The summed E-state index contributed by atoms with van der Waals surface area (Å²) < 4.78 is 1.92. The third-order valence-electron chi connectivity index (χ3n) is 4.54. The Morgan fingerprint density at radius 2 is 1.84 bits per heavy atom. The van der Waals surface area contributed by atoms with Crippen molar-refractivity contribution in [2.45, 2.75) is 6.92 Å². The van der Waals surface area contributed by atoms with Crippen molar-refractivity contribution in [3.8, 4) is 22.3 Å². The molecule has 0 aliphatic carbocycles. The summed E-state index contributed by atoms with van der Waals surface area (Å²) >= 11 is 0. The maximum absolute atomic E-state index is 4.60. The second-order valence-electron chi connectivity index (χ2n) is 6.11. The number of H-pyrrole nitrogens is 1. The van der Waals surface area contributed by atoms with E-state index in [9.17, 15) is 0 Å². The predicted octanol–water partition coefficient (Wildman–Crippen LogP) is 4.25. The molecule has 5 heteroatoms. The number of imidazole rings is 1. The van der Waals surface area contributed by atoms with E-state index in [2.05, 4.69) is 57.2 Å². The number of aromatic amines is 1. The SMILES string of the molecule is Cc1ccccc1-c1cnc2[nH]cc(-c3cnc4nccn4c3)c2c1. The van der Waals surface area contributed by atoms with Crippen molar-refractivity contribution in [3.63, 3.8) is 0 Å². The van der Waals surface area contributed by atoms with E-state index in [0.29, 0.717) is 5.78 Å². The lowest BCUT2D eigenvalue weighted by molar-refractivity contribution is 1.11. The minimum atomic E-state index is 0.697. The lowest BCUT2D eigenvalue weighted by atomic mass is 10.0. The summed E-state index contributed by atoms with van der Waals surface area (Å²) in [5, 5.41) is 1.09. The summed E-state index contributed by atoms with van der Waals surface area (Å²) in [5.41, 5.74) is 6.54. The van der Waals surface area contributed by atoms with E-state index in [1.807, 2.05) is 35.4 Å². The van der Waals surface area contributed by atoms with Gasteiger partial charge in [-0.25, -0.2) is 15.0 Å². The fourth-order valence-electron chi connectivity index (χ4n) is 3.24. The maximum Gasteiger partial charge on any atom is 0.233 e. The second-order valence-corrected chi connectivity index (χ2v) is 6.11. The monoisotopic (exact) mass is 325 g/mol. The Kier molecular flexibility index (Phi) is 2.94. The molecule has 0 fully saturated rings. The van der Waals surface area contributed by atoms with Gasteiger partial charge in [-0.2, -0.15) is 0 Å². The average molecular weight is 325 g/mol. The number of aryl methyl sites for hydroxylation is 1. The number of pyridine rings is 1. The van der Waals surface area contributed by atoms with Crippen LogP contribution in [0.4, 0.5) is 0 Å². The highest BCUT2D eigenvalue weighted by Crippen LogP contribution is 2.31. The van der Waals surface area contributed by atoms with Crippen LogP contribution in [0.15, 0.2) is 67.5 Å². The Labute approximate surface area is 144 Å². The Bertz CT molecular complexity index is 1220. The third-order valence-corrected chi connectivity index (χ3v) is 4.54. The number of aromatic nitrogens is 5. The largest absolute Gasteiger partial charge is 0.346 e. The first-order chi connectivity index (χ1) is 12.3. The predicted molar refractivity (Wildman–Crippen MR) is 98.2 cm³/mol. The molecular formula is C20H15N5. The van der Waals surface area contributed by atoms with Crippen LogP contribution in [0.25, 0.3) is 39.1 Å². The molecule has 0 radical (unpaired) electrons. The molecule has 5 rings (SSSR count). The summed E-state index contributed by atoms with van der Waals surface area (Å²) in [6.07, 6.45) is 11.4. The number of hydrogen-bond donors (Lipinski definition) is 1. The fourth-order valence-corrected chi connectivity index (χ4v) is 3.24. The molecule has 0 aliphatic rings. The summed E-state index contributed by atoms with van der Waals surface area (Å²) in [6.45, 7) is 2.12. The number of fused-ring (bicyclic) bond motifs is 2. The molecular weight excluding hydrogens is 310 g/mol. The van der Waals surface area contributed by atoms with Gasteiger partial charge in [0, 0.05) is 59.3 Å². The number of nitrogens with one attached hydrogen (secondary N) is 1. The van der Waals surface area contributed by atoms with Crippen molar-refractivity contribution in [3.05, 3.63) is 73.1 Å². The molecule has 120 valence electrons. The average Bonchev–Trinajstić information content (AvgIpc) is 3.27. The molecule has 1 N–H and O–H groups in total. The van der Waals surface area contributed by atoms with E-state index in [-0.39, 0.29) is 0 Å². The molecule has 5 nitrogen and oxygen atoms in total. The zero-order valence-electron chi connectivity index (χ0n) is 13.6. The van der Waals surface area contributed by atoms with Gasteiger partial charge in [-0.15, -0.1) is 0 Å². The van der Waals surface area contributed by atoms with Crippen molar-refractivity contribution in [2.75, 3.05) is 0 Å². The second kappa shape index (κ2) is 5.27. The molecule has 0 aliphatic heterocycles. The number of nitrogens with zero attached hydrogens (tertiary/aromatic N) is 4. The summed E-state index contributed by atoms with van der Waals surface area (Å²) in [4.78, 5) is 16.5. The Balaban J connectivity index is 1.71. The van der Waals surface area contributed by atoms with Crippen molar-refractivity contribution in [2.24, 2.45) is 0 Å². The summed E-state index contributed by atoms with van der Waals surface area (Å²) in [6, 6.07) is 10.5. The first kappa shape index (κ1) is 13.9. The van der Waals surface area contributed by atoms with Gasteiger partial charge in [0.25, 0.3) is 0 Å². The number of rotatable bonds is 2. The molecule has 25 heavy (non-hydrogen) atoms. The van der Waals surface area contributed by atoms with Crippen LogP contribution in [0.3, 0.4) is 0 Å². The highest BCUT2D eigenvalue weighted by atomic mass is 15.1. The quantitative estimate of drug-likeness (QED) is 0.528. The molecule has 0 saturated carbocycles. The van der Waals surface area contributed by atoms with Crippen LogP contribution in [0.1, 0.15) is 5.56 Å². The van der Waals surface area contributed by atoms with Crippen LogP contribution in [-0.4, -0.2) is 24.3 Å². The van der Waals surface area contributed by atoms with Gasteiger partial charge in [0.1, 0.15) is 5.65 Å². The van der Waals surface area contributed by atoms with Gasteiger partial charge in [-0.1, -0.05) is 24.3 Å². The molecule has 0 atom stereocenters. The van der Waals surface area contributed by atoms with E-state index < -0.39 is 0 Å². The van der Waals surface area contributed by atoms with Crippen LogP contribution in [0.2, 0.25) is 0 Å². The normalized spacial score (nSPS) is 11.4. The highest BCUT2D eigenvalue weighted by Gasteiger charge is 2.11. The highest BCUT2D eigenvalue weighted by molar-refractivity contribution is 5.95. The van der Waals surface area contributed by atoms with Crippen LogP contribution < -0.4 is 0 Å². The molecule has 0 amide bonds. The minimum Gasteiger partial charge on any atom is -0.346 e. The van der Waals surface area contributed by atoms with Gasteiger partial charge in [0.15, 0.2) is 0 Å². The van der Waals surface area contributed by atoms with Gasteiger partial charge in [-0.3, -0.25) is 4.40 Å². The van der Waals surface area contributed by atoms with Crippen LogP contribution in [0.5, 0.6) is 0 Å². The van der Waals surface area contributed by atoms with Crippen molar-refractivity contribution in [1.82, 2.24) is 24.3 Å². The van der Waals surface area contributed by atoms with E-state index in [1.165, 1.54) is 11.1 Å². The zero-order valence-corrected chi connectivity index (χ0v) is 13.6. The maximum atomic E-state index is 4.60. The molecule has 0 bridgehead atoms. The minimum absolute atomic E-state index is 0.697. The topological polar surface area (TPSA) is 58.9 Å². The van der Waals surface area contributed by atoms with Gasteiger partial charge in [0.05, 0.1) is 0 Å². The molecule has 4 heterocycles. The number of benzene rings is 1. The molecule has 0 spiro atoms. The van der Waals surface area contributed by atoms with Crippen LogP contribution in [-0.2, 0) is 0 Å². The first-order valence-electron chi connectivity index (χ1n) is 8.12.